The number of hydrogen-bond donors (Lipinski definition) is 2. The van der Waals surface area contributed by atoms with Crippen LogP contribution < -0.4 is 16.0 Å². The van der Waals surface area contributed by atoms with Crippen molar-refractivity contribution in [3.05, 3.63) is 47.3 Å². The minimum atomic E-state index is 0.00380. The zero-order valence-corrected chi connectivity index (χ0v) is 12.3. The maximum atomic E-state index is 5.73. The first kappa shape index (κ1) is 14.6. The molecule has 20 heavy (non-hydrogen) atoms. The molecule has 2 rings (SSSR count). The number of benzene rings is 1. The molecule has 5 nitrogen and oxygen atoms in total. The second-order valence-electron chi connectivity index (χ2n) is 4.77. The number of methoxy groups -OCH3 is 1. The van der Waals surface area contributed by atoms with Crippen LogP contribution >= 0.6 is 0 Å². The highest BCUT2D eigenvalue weighted by atomic mass is 16.5. The van der Waals surface area contributed by atoms with Gasteiger partial charge in [0.1, 0.15) is 5.75 Å². The van der Waals surface area contributed by atoms with Crippen LogP contribution in [0.15, 0.2) is 30.3 Å². The summed E-state index contributed by atoms with van der Waals surface area (Å²) in [5, 5.41) is 4.47. The second-order valence-corrected chi connectivity index (χ2v) is 4.77. The molecule has 1 aromatic carbocycles. The predicted molar refractivity (Wildman–Crippen MR) is 79.3 cm³/mol. The number of nitrogens with two attached hydrogens (primary N) is 1. The Morgan fingerprint density at radius 3 is 2.75 bits per heavy atom. The van der Waals surface area contributed by atoms with Crippen LogP contribution in [0.3, 0.4) is 0 Å². The maximum absolute atomic E-state index is 5.73. The summed E-state index contributed by atoms with van der Waals surface area (Å²) in [5.41, 5.74) is 6.15. The molecular formula is C15H22N4O. The van der Waals surface area contributed by atoms with Gasteiger partial charge in [0.25, 0.3) is 0 Å². The number of aryl methyl sites for hydroxylation is 2. The van der Waals surface area contributed by atoms with E-state index in [2.05, 4.69) is 29.6 Å². The third-order valence-corrected chi connectivity index (χ3v) is 3.50. The fourth-order valence-corrected chi connectivity index (χ4v) is 2.38. The molecular weight excluding hydrogens is 252 g/mol. The third-order valence-electron chi connectivity index (χ3n) is 3.50. The fourth-order valence-electron chi connectivity index (χ4n) is 2.38. The number of hydrogen-bond acceptors (Lipinski definition) is 4. The number of nitrogens with one attached hydrogen (secondary N) is 1. The molecule has 0 amide bonds. The number of para-hydroxylation sites is 1. The number of ether oxygens (including phenoxy) is 1. The molecule has 0 bridgehead atoms. The third kappa shape index (κ3) is 3.00. The van der Waals surface area contributed by atoms with Crippen molar-refractivity contribution < 1.29 is 4.74 Å². The van der Waals surface area contributed by atoms with E-state index >= 15 is 0 Å². The van der Waals surface area contributed by atoms with Crippen molar-refractivity contribution in [3.63, 3.8) is 0 Å². The van der Waals surface area contributed by atoms with Crippen LogP contribution in [0.5, 0.6) is 5.75 Å². The molecule has 5 heteroatoms. The molecule has 0 fully saturated rings. The van der Waals surface area contributed by atoms with E-state index in [9.17, 15) is 0 Å². The average molecular weight is 274 g/mol. The molecule has 108 valence electrons. The van der Waals surface area contributed by atoms with Crippen LogP contribution in [0, 0.1) is 0 Å². The van der Waals surface area contributed by atoms with Crippen molar-refractivity contribution in [2.45, 2.75) is 25.8 Å². The lowest BCUT2D eigenvalue weighted by Crippen LogP contribution is -2.31. The smallest absolute Gasteiger partial charge is 0.122 e. The fraction of sp³-hybridized carbons (Fsp3) is 0.400. The summed E-state index contributed by atoms with van der Waals surface area (Å²) in [6.07, 6.45) is 1.67. The monoisotopic (exact) mass is 274 g/mol. The van der Waals surface area contributed by atoms with Crippen LogP contribution in [0.2, 0.25) is 0 Å². The summed E-state index contributed by atoms with van der Waals surface area (Å²) in [6, 6.07) is 10.1. The van der Waals surface area contributed by atoms with Gasteiger partial charge in [0.2, 0.25) is 0 Å². The van der Waals surface area contributed by atoms with Gasteiger partial charge in [-0.2, -0.15) is 5.10 Å². The van der Waals surface area contributed by atoms with Gasteiger partial charge in [-0.05, 0) is 30.5 Å². The van der Waals surface area contributed by atoms with Gasteiger partial charge in [-0.1, -0.05) is 25.1 Å². The first-order chi connectivity index (χ1) is 9.69. The highest BCUT2D eigenvalue weighted by molar-refractivity contribution is 5.34. The van der Waals surface area contributed by atoms with Crippen molar-refractivity contribution in [1.29, 1.82) is 0 Å². The summed E-state index contributed by atoms with van der Waals surface area (Å²) in [4.78, 5) is 0. The number of hydrazine groups is 1. The zero-order chi connectivity index (χ0) is 14.5. The largest absolute Gasteiger partial charge is 0.496 e. The Bertz CT molecular complexity index is 565. The lowest BCUT2D eigenvalue weighted by Gasteiger charge is -2.17. The minimum absolute atomic E-state index is 0.00380. The van der Waals surface area contributed by atoms with Crippen LogP contribution in [0.4, 0.5) is 0 Å². The molecule has 2 aromatic rings. The molecule has 0 aliphatic rings. The molecule has 0 saturated heterocycles. The molecule has 3 N–H and O–H groups in total. The van der Waals surface area contributed by atoms with Gasteiger partial charge in [0.15, 0.2) is 0 Å². The molecule has 0 saturated carbocycles. The summed E-state index contributed by atoms with van der Waals surface area (Å²) >= 11 is 0. The van der Waals surface area contributed by atoms with Crippen LogP contribution in [-0.4, -0.2) is 16.9 Å². The number of nitrogens with zero attached hydrogens (tertiary/aromatic N) is 2. The van der Waals surface area contributed by atoms with Gasteiger partial charge in [0, 0.05) is 7.05 Å². The van der Waals surface area contributed by atoms with Gasteiger partial charge < -0.3 is 4.74 Å². The quantitative estimate of drug-likeness (QED) is 0.622. The number of rotatable bonds is 6. The van der Waals surface area contributed by atoms with E-state index in [1.807, 2.05) is 29.9 Å². The highest BCUT2D eigenvalue weighted by Gasteiger charge is 2.17. The molecule has 0 spiro atoms. The lowest BCUT2D eigenvalue weighted by molar-refractivity contribution is 0.404. The molecule has 1 atom stereocenters. The Kier molecular flexibility index (Phi) is 4.76. The molecule has 0 aliphatic carbocycles. The lowest BCUT2D eigenvalue weighted by atomic mass is 10.0. The Morgan fingerprint density at radius 2 is 2.15 bits per heavy atom. The first-order valence-electron chi connectivity index (χ1n) is 6.80. The van der Waals surface area contributed by atoms with Gasteiger partial charge in [-0.15, -0.1) is 0 Å². The van der Waals surface area contributed by atoms with Crippen molar-refractivity contribution in [2.24, 2.45) is 12.9 Å². The van der Waals surface area contributed by atoms with Crippen LogP contribution in [0.1, 0.15) is 29.9 Å². The van der Waals surface area contributed by atoms with Crippen molar-refractivity contribution in [1.82, 2.24) is 15.2 Å². The van der Waals surface area contributed by atoms with E-state index in [0.717, 1.165) is 35.5 Å². The Labute approximate surface area is 119 Å². The second kappa shape index (κ2) is 6.54. The molecule has 1 aromatic heterocycles. The van der Waals surface area contributed by atoms with Crippen molar-refractivity contribution >= 4 is 0 Å². The van der Waals surface area contributed by atoms with E-state index in [4.69, 9.17) is 10.6 Å². The number of aromatic nitrogens is 2. The summed E-state index contributed by atoms with van der Waals surface area (Å²) in [5.74, 6) is 6.61. The zero-order valence-electron chi connectivity index (χ0n) is 12.3. The summed E-state index contributed by atoms with van der Waals surface area (Å²) in [6.45, 7) is 2.09. The van der Waals surface area contributed by atoms with Crippen molar-refractivity contribution in [2.75, 3.05) is 7.11 Å². The van der Waals surface area contributed by atoms with Gasteiger partial charge in [-0.25, -0.2) is 0 Å². The Balaban J connectivity index is 2.26. The Hall–Kier alpha value is -1.85. The average Bonchev–Trinajstić information content (AvgIpc) is 2.86. The standard InChI is InChI=1S/C15H22N4O/c1-4-12-10-14(19(2)18-12)13(17-16)9-11-7-5-6-8-15(11)20-3/h5-8,10,13,17H,4,9,16H2,1-3H3. The maximum Gasteiger partial charge on any atom is 0.122 e. The van der Waals surface area contributed by atoms with Crippen LogP contribution in [0.25, 0.3) is 0 Å². The van der Waals surface area contributed by atoms with Gasteiger partial charge >= 0.3 is 0 Å². The van der Waals surface area contributed by atoms with E-state index in [0.29, 0.717) is 0 Å². The predicted octanol–water partition coefficient (Wildman–Crippen LogP) is 1.74. The molecule has 0 radical (unpaired) electrons. The minimum Gasteiger partial charge on any atom is -0.496 e. The van der Waals surface area contributed by atoms with E-state index < -0.39 is 0 Å². The molecule has 1 unspecified atom stereocenters. The molecule has 0 aliphatic heterocycles. The SMILES string of the molecule is CCc1cc(C(Cc2ccccc2OC)NN)n(C)n1. The van der Waals surface area contributed by atoms with E-state index in [1.165, 1.54) is 0 Å². The topological polar surface area (TPSA) is 65.1 Å². The summed E-state index contributed by atoms with van der Waals surface area (Å²) < 4.78 is 7.28. The van der Waals surface area contributed by atoms with Gasteiger partial charge in [0.05, 0.1) is 24.5 Å². The van der Waals surface area contributed by atoms with Gasteiger partial charge in [-0.3, -0.25) is 16.0 Å². The first-order valence-corrected chi connectivity index (χ1v) is 6.80. The summed E-state index contributed by atoms with van der Waals surface area (Å²) in [7, 11) is 3.63. The highest BCUT2D eigenvalue weighted by Crippen LogP contribution is 2.24. The molecule has 1 heterocycles. The normalized spacial score (nSPS) is 12.4. The van der Waals surface area contributed by atoms with Crippen molar-refractivity contribution in [3.8, 4) is 5.75 Å². The van der Waals surface area contributed by atoms with E-state index in [1.54, 1.807) is 7.11 Å². The van der Waals surface area contributed by atoms with E-state index in [-0.39, 0.29) is 6.04 Å². The Morgan fingerprint density at radius 1 is 1.40 bits per heavy atom. The van der Waals surface area contributed by atoms with Crippen LogP contribution in [-0.2, 0) is 19.9 Å².